The van der Waals surface area contributed by atoms with Gasteiger partial charge in [0.25, 0.3) is 0 Å². The second-order valence-corrected chi connectivity index (χ2v) is 5.56. The van der Waals surface area contributed by atoms with Gasteiger partial charge in [-0.25, -0.2) is 0 Å². The summed E-state index contributed by atoms with van der Waals surface area (Å²) in [5.41, 5.74) is 3.79. The molecule has 0 bridgehead atoms. The Labute approximate surface area is 120 Å². The average molecular weight is 283 g/mol. The van der Waals surface area contributed by atoms with Crippen LogP contribution >= 0.6 is 11.6 Å². The smallest absolute Gasteiger partial charge is 0.140 e. The van der Waals surface area contributed by atoms with Gasteiger partial charge in [0.15, 0.2) is 0 Å². The third-order valence-corrected chi connectivity index (χ3v) is 4.25. The van der Waals surface area contributed by atoms with Crippen LogP contribution in [0.4, 0.5) is 0 Å². The second-order valence-electron chi connectivity index (χ2n) is 5.15. The third-order valence-electron chi connectivity index (χ3n) is 3.97. The maximum atomic E-state index is 6.28. The minimum absolute atomic E-state index is 0.723. The van der Waals surface area contributed by atoms with Crippen molar-refractivity contribution >= 4 is 11.6 Å². The van der Waals surface area contributed by atoms with Crippen LogP contribution in [0.5, 0.6) is 5.75 Å². The van der Waals surface area contributed by atoms with Crippen molar-refractivity contribution in [3.05, 3.63) is 27.8 Å². The van der Waals surface area contributed by atoms with E-state index in [1.54, 1.807) is 7.11 Å². The molecule has 1 heterocycles. The van der Waals surface area contributed by atoms with Crippen LogP contribution in [0.15, 0.2) is 6.07 Å². The molecule has 3 nitrogen and oxygen atoms in total. The van der Waals surface area contributed by atoms with Crippen molar-refractivity contribution in [2.75, 3.05) is 39.8 Å². The summed E-state index contributed by atoms with van der Waals surface area (Å²) in [5, 5.41) is 4.10. The molecule has 1 aromatic carbocycles. The number of rotatable bonds is 4. The van der Waals surface area contributed by atoms with Crippen molar-refractivity contribution < 1.29 is 4.74 Å². The van der Waals surface area contributed by atoms with E-state index in [1.165, 1.54) is 16.7 Å². The molecule has 1 aliphatic rings. The highest BCUT2D eigenvalue weighted by Crippen LogP contribution is 2.33. The Balaban J connectivity index is 2.13. The minimum Gasteiger partial charge on any atom is -0.495 e. The van der Waals surface area contributed by atoms with Gasteiger partial charge >= 0.3 is 0 Å². The highest BCUT2D eigenvalue weighted by Gasteiger charge is 2.15. The van der Waals surface area contributed by atoms with Gasteiger partial charge in [0, 0.05) is 38.3 Å². The Bertz CT molecular complexity index is 442. The molecule has 0 amide bonds. The van der Waals surface area contributed by atoms with E-state index in [9.17, 15) is 0 Å². The molecule has 1 aliphatic heterocycles. The summed E-state index contributed by atoms with van der Waals surface area (Å²) in [6, 6.07) is 1.99. The molecular weight excluding hydrogens is 260 g/mol. The van der Waals surface area contributed by atoms with E-state index in [-0.39, 0.29) is 0 Å². The summed E-state index contributed by atoms with van der Waals surface area (Å²) in [4.78, 5) is 2.49. The van der Waals surface area contributed by atoms with Gasteiger partial charge in [0.2, 0.25) is 0 Å². The van der Waals surface area contributed by atoms with Crippen molar-refractivity contribution in [1.29, 1.82) is 0 Å². The number of hydrogen-bond acceptors (Lipinski definition) is 3. The Hall–Kier alpha value is -0.770. The first-order chi connectivity index (χ1) is 9.13. The van der Waals surface area contributed by atoms with Crippen LogP contribution in [0.3, 0.4) is 0 Å². The maximum Gasteiger partial charge on any atom is 0.140 e. The number of benzene rings is 1. The van der Waals surface area contributed by atoms with E-state index in [4.69, 9.17) is 16.3 Å². The van der Waals surface area contributed by atoms with E-state index in [1.807, 2.05) is 6.07 Å². The first-order valence-electron chi connectivity index (χ1n) is 6.89. The summed E-state index contributed by atoms with van der Waals surface area (Å²) in [7, 11) is 1.70. The number of nitrogens with one attached hydrogen (secondary N) is 1. The number of aryl methyl sites for hydroxylation is 1. The number of hydrogen-bond donors (Lipinski definition) is 1. The van der Waals surface area contributed by atoms with Gasteiger partial charge in [-0.15, -0.1) is 0 Å². The van der Waals surface area contributed by atoms with Gasteiger partial charge < -0.3 is 15.0 Å². The van der Waals surface area contributed by atoms with Crippen molar-refractivity contribution in [1.82, 2.24) is 10.2 Å². The standard InChI is InChI=1S/C15H23ClN2O/c1-11-10-14(16)15(19-3)13(12(11)2)4-7-18-8-5-17-6-9-18/h10,17H,4-9H2,1-3H3. The monoisotopic (exact) mass is 282 g/mol. The molecule has 2 rings (SSSR count). The molecule has 4 heteroatoms. The Morgan fingerprint density at radius 2 is 2.00 bits per heavy atom. The largest absolute Gasteiger partial charge is 0.495 e. The molecule has 106 valence electrons. The molecule has 0 radical (unpaired) electrons. The summed E-state index contributed by atoms with van der Waals surface area (Å²) in [5.74, 6) is 0.847. The van der Waals surface area contributed by atoms with E-state index < -0.39 is 0 Å². The zero-order valence-corrected chi connectivity index (χ0v) is 12.8. The van der Waals surface area contributed by atoms with E-state index in [0.29, 0.717) is 0 Å². The zero-order chi connectivity index (χ0) is 13.8. The van der Waals surface area contributed by atoms with Gasteiger partial charge in [-0.2, -0.15) is 0 Å². The number of ether oxygens (including phenoxy) is 1. The first kappa shape index (κ1) is 14.6. The molecule has 1 fully saturated rings. The fraction of sp³-hybridized carbons (Fsp3) is 0.600. The molecule has 0 saturated carbocycles. The predicted molar refractivity (Wildman–Crippen MR) is 80.5 cm³/mol. The molecule has 19 heavy (non-hydrogen) atoms. The lowest BCUT2D eigenvalue weighted by Crippen LogP contribution is -2.44. The molecule has 1 N–H and O–H groups in total. The normalized spacial score (nSPS) is 16.6. The van der Waals surface area contributed by atoms with Crippen LogP contribution in [0.2, 0.25) is 5.02 Å². The fourth-order valence-electron chi connectivity index (χ4n) is 2.64. The average Bonchev–Trinajstić information content (AvgIpc) is 2.42. The van der Waals surface area contributed by atoms with E-state index >= 15 is 0 Å². The van der Waals surface area contributed by atoms with Crippen molar-refractivity contribution in [3.8, 4) is 5.75 Å². The minimum atomic E-state index is 0.723. The summed E-state index contributed by atoms with van der Waals surface area (Å²) >= 11 is 6.28. The summed E-state index contributed by atoms with van der Waals surface area (Å²) in [6.45, 7) is 9.76. The fourth-order valence-corrected chi connectivity index (χ4v) is 3.00. The van der Waals surface area contributed by atoms with Crippen molar-refractivity contribution in [3.63, 3.8) is 0 Å². The molecular formula is C15H23ClN2O. The lowest BCUT2D eigenvalue weighted by molar-refractivity contribution is 0.243. The Morgan fingerprint density at radius 3 is 2.63 bits per heavy atom. The number of nitrogens with zero attached hydrogens (tertiary/aromatic N) is 1. The molecule has 0 unspecified atom stereocenters. The third kappa shape index (κ3) is 3.41. The zero-order valence-electron chi connectivity index (χ0n) is 12.1. The quantitative estimate of drug-likeness (QED) is 0.918. The highest BCUT2D eigenvalue weighted by atomic mass is 35.5. The van der Waals surface area contributed by atoms with Gasteiger partial charge in [-0.1, -0.05) is 11.6 Å². The molecule has 0 atom stereocenters. The van der Waals surface area contributed by atoms with Gasteiger partial charge in [-0.05, 0) is 37.5 Å². The lowest BCUT2D eigenvalue weighted by Gasteiger charge is -2.27. The molecule has 1 saturated heterocycles. The molecule has 0 aliphatic carbocycles. The number of piperazine rings is 1. The Kier molecular flexibility index (Phi) is 5.08. The van der Waals surface area contributed by atoms with Crippen LogP contribution < -0.4 is 10.1 Å². The van der Waals surface area contributed by atoms with Crippen LogP contribution in [0, 0.1) is 13.8 Å². The first-order valence-corrected chi connectivity index (χ1v) is 7.27. The lowest BCUT2D eigenvalue weighted by atomic mass is 9.99. The van der Waals surface area contributed by atoms with Crippen LogP contribution in [-0.2, 0) is 6.42 Å². The second kappa shape index (κ2) is 6.60. The predicted octanol–water partition coefficient (Wildman–Crippen LogP) is 2.41. The van der Waals surface area contributed by atoms with E-state index in [0.717, 1.165) is 49.9 Å². The Morgan fingerprint density at radius 1 is 1.32 bits per heavy atom. The number of halogens is 1. The van der Waals surface area contributed by atoms with Gasteiger partial charge in [-0.3, -0.25) is 0 Å². The van der Waals surface area contributed by atoms with Crippen LogP contribution in [-0.4, -0.2) is 44.7 Å². The number of methoxy groups -OCH3 is 1. The maximum absolute atomic E-state index is 6.28. The van der Waals surface area contributed by atoms with Crippen molar-refractivity contribution in [2.45, 2.75) is 20.3 Å². The van der Waals surface area contributed by atoms with Gasteiger partial charge in [0.05, 0.1) is 12.1 Å². The van der Waals surface area contributed by atoms with Crippen molar-refractivity contribution in [2.24, 2.45) is 0 Å². The highest BCUT2D eigenvalue weighted by molar-refractivity contribution is 6.32. The molecule has 1 aromatic rings. The summed E-state index contributed by atoms with van der Waals surface area (Å²) < 4.78 is 5.49. The SMILES string of the molecule is COc1c(Cl)cc(C)c(C)c1CCN1CCNCC1. The summed E-state index contributed by atoms with van der Waals surface area (Å²) in [6.07, 6.45) is 0.996. The van der Waals surface area contributed by atoms with Crippen LogP contribution in [0.25, 0.3) is 0 Å². The van der Waals surface area contributed by atoms with E-state index in [2.05, 4.69) is 24.1 Å². The van der Waals surface area contributed by atoms with Crippen LogP contribution in [0.1, 0.15) is 16.7 Å². The molecule has 0 aromatic heterocycles. The van der Waals surface area contributed by atoms with Gasteiger partial charge in [0.1, 0.15) is 5.75 Å². The topological polar surface area (TPSA) is 24.5 Å². The molecule has 0 spiro atoms.